The van der Waals surface area contributed by atoms with Crippen LogP contribution in [0.3, 0.4) is 0 Å². The van der Waals surface area contributed by atoms with Gasteiger partial charge in [-0.25, -0.2) is 4.68 Å². The van der Waals surface area contributed by atoms with Crippen molar-refractivity contribution < 1.29 is 9.53 Å². The van der Waals surface area contributed by atoms with E-state index in [4.69, 9.17) is 38.0 Å². The highest BCUT2D eigenvalue weighted by Gasteiger charge is 2.42. The molecular formula is C27H27BrCl2N4O2S. The molecule has 37 heavy (non-hydrogen) atoms. The number of ketones is 1. The Kier molecular flexibility index (Phi) is 7.65. The number of hydrogen-bond donors (Lipinski definition) is 1. The maximum Gasteiger partial charge on any atom is 0.227 e. The molecule has 1 aliphatic carbocycles. The van der Waals surface area contributed by atoms with E-state index < -0.39 is 6.04 Å². The number of nitrogens with one attached hydrogen (secondary N) is 1. The van der Waals surface area contributed by atoms with Gasteiger partial charge in [0.15, 0.2) is 5.78 Å². The van der Waals surface area contributed by atoms with Crippen molar-refractivity contribution in [2.45, 2.75) is 57.8 Å². The predicted octanol–water partition coefficient (Wildman–Crippen LogP) is 8.09. The maximum atomic E-state index is 13.6. The molecule has 0 amide bonds. The van der Waals surface area contributed by atoms with Gasteiger partial charge in [-0.1, -0.05) is 77.7 Å². The predicted molar refractivity (Wildman–Crippen MR) is 153 cm³/mol. The molecule has 1 aliphatic heterocycles. The summed E-state index contributed by atoms with van der Waals surface area (Å²) in [6, 6.07) is 10.7. The van der Waals surface area contributed by atoms with Crippen LogP contribution in [0.5, 0.6) is 5.75 Å². The summed E-state index contributed by atoms with van der Waals surface area (Å²) in [5.41, 5.74) is 3.14. The molecule has 1 aromatic heterocycles. The molecule has 2 heterocycles. The molecular weight excluding hydrogens is 595 g/mol. The summed E-state index contributed by atoms with van der Waals surface area (Å²) < 4.78 is 9.04. The van der Waals surface area contributed by atoms with Crippen molar-refractivity contribution in [3.8, 4) is 5.75 Å². The minimum atomic E-state index is -0.466. The highest BCUT2D eigenvalue weighted by atomic mass is 79.9. The van der Waals surface area contributed by atoms with Gasteiger partial charge in [-0.15, -0.1) is 5.10 Å². The number of hydrogen-bond acceptors (Lipinski definition) is 6. The number of nitrogens with zero attached hydrogens (tertiary/aromatic N) is 3. The third-order valence-corrected chi connectivity index (χ3v) is 8.54. The van der Waals surface area contributed by atoms with Gasteiger partial charge in [0.25, 0.3) is 0 Å². The summed E-state index contributed by atoms with van der Waals surface area (Å²) >= 11 is 17.7. The lowest BCUT2D eigenvalue weighted by atomic mass is 9.73. The van der Waals surface area contributed by atoms with E-state index in [1.807, 2.05) is 28.9 Å². The van der Waals surface area contributed by atoms with Crippen molar-refractivity contribution in [3.05, 3.63) is 73.3 Å². The zero-order chi connectivity index (χ0) is 26.3. The van der Waals surface area contributed by atoms with E-state index in [-0.39, 0.29) is 17.8 Å². The van der Waals surface area contributed by atoms with Crippen LogP contribution < -0.4 is 10.1 Å². The van der Waals surface area contributed by atoms with Gasteiger partial charge in [-0.3, -0.25) is 4.79 Å². The van der Waals surface area contributed by atoms with Crippen LogP contribution in [0.1, 0.15) is 57.2 Å². The Labute approximate surface area is 239 Å². The van der Waals surface area contributed by atoms with Crippen LogP contribution in [0.2, 0.25) is 10.0 Å². The van der Waals surface area contributed by atoms with Crippen LogP contribution in [0, 0.1) is 5.41 Å². The molecule has 0 radical (unpaired) electrons. The zero-order valence-corrected chi connectivity index (χ0v) is 24.7. The van der Waals surface area contributed by atoms with Crippen LogP contribution in [-0.2, 0) is 11.4 Å². The first kappa shape index (κ1) is 26.6. The molecule has 10 heteroatoms. The van der Waals surface area contributed by atoms with Gasteiger partial charge >= 0.3 is 0 Å². The Morgan fingerprint density at radius 3 is 2.78 bits per heavy atom. The van der Waals surface area contributed by atoms with Crippen molar-refractivity contribution in [1.82, 2.24) is 14.8 Å². The largest absolute Gasteiger partial charge is 0.488 e. The third-order valence-electron chi connectivity index (χ3n) is 6.41. The molecule has 2 aliphatic rings. The zero-order valence-electron chi connectivity index (χ0n) is 20.8. The van der Waals surface area contributed by atoms with Crippen LogP contribution in [-0.4, -0.2) is 26.3 Å². The SMILES string of the molecule is CCCSc1nc2n(n1)C(c1cc(Br)ccc1OCc1ccc(Cl)cc1Cl)C1=C(CC(C)(C)CC1=O)N2. The van der Waals surface area contributed by atoms with Gasteiger partial charge in [0.05, 0.1) is 0 Å². The van der Waals surface area contributed by atoms with Crippen LogP contribution in [0.25, 0.3) is 0 Å². The summed E-state index contributed by atoms with van der Waals surface area (Å²) in [7, 11) is 0. The smallest absolute Gasteiger partial charge is 0.227 e. The first-order chi connectivity index (χ1) is 17.6. The van der Waals surface area contributed by atoms with Crippen molar-refractivity contribution in [2.24, 2.45) is 5.41 Å². The molecule has 0 spiro atoms. The maximum absolute atomic E-state index is 13.6. The number of anilines is 1. The number of fused-ring (bicyclic) bond motifs is 1. The molecule has 0 bridgehead atoms. The summed E-state index contributed by atoms with van der Waals surface area (Å²) in [5.74, 6) is 2.31. The Hall–Kier alpha value is -2.00. The number of benzene rings is 2. The summed E-state index contributed by atoms with van der Waals surface area (Å²) in [6.45, 7) is 6.63. The molecule has 194 valence electrons. The highest BCUT2D eigenvalue weighted by molar-refractivity contribution is 9.10. The Bertz CT molecular complexity index is 1410. The second-order valence-electron chi connectivity index (χ2n) is 10.1. The van der Waals surface area contributed by atoms with E-state index >= 15 is 0 Å². The average molecular weight is 622 g/mol. The van der Waals surface area contributed by atoms with E-state index in [0.29, 0.717) is 33.3 Å². The van der Waals surface area contributed by atoms with Crippen molar-refractivity contribution >= 4 is 62.6 Å². The van der Waals surface area contributed by atoms with Crippen LogP contribution in [0.4, 0.5) is 5.95 Å². The number of aromatic nitrogens is 3. The Morgan fingerprint density at radius 1 is 1.22 bits per heavy atom. The quantitative estimate of drug-likeness (QED) is 0.269. The normalized spacial score (nSPS) is 18.3. The lowest BCUT2D eigenvalue weighted by Gasteiger charge is -2.38. The van der Waals surface area contributed by atoms with Gasteiger partial charge in [0, 0.05) is 49.1 Å². The first-order valence-corrected chi connectivity index (χ1v) is 14.7. The van der Waals surface area contributed by atoms with Gasteiger partial charge in [0.2, 0.25) is 11.1 Å². The topological polar surface area (TPSA) is 69.0 Å². The summed E-state index contributed by atoms with van der Waals surface area (Å²) in [5, 5.41) is 10.1. The molecule has 6 nitrogen and oxygen atoms in total. The first-order valence-electron chi connectivity index (χ1n) is 12.1. The number of rotatable bonds is 7. The number of halogens is 3. The van der Waals surface area contributed by atoms with E-state index in [0.717, 1.165) is 45.5 Å². The van der Waals surface area contributed by atoms with Gasteiger partial charge in [-0.05, 0) is 48.6 Å². The molecule has 5 rings (SSSR count). The number of thioether (sulfide) groups is 1. The van der Waals surface area contributed by atoms with E-state index in [9.17, 15) is 4.79 Å². The monoisotopic (exact) mass is 620 g/mol. The van der Waals surface area contributed by atoms with Crippen LogP contribution >= 0.6 is 50.9 Å². The standard InChI is InChI=1S/C27H27BrCl2N4O2S/c1-4-9-37-26-32-25-31-20-12-27(2,3)13-21(35)23(20)24(34(25)33-26)18-10-16(28)6-8-22(18)36-14-15-5-7-17(29)11-19(15)30/h5-8,10-11,24H,4,9,12-14H2,1-3H3,(H,31,32,33). The second-order valence-corrected chi connectivity index (χ2v) is 12.9. The molecule has 1 N–H and O–H groups in total. The van der Waals surface area contributed by atoms with Crippen molar-refractivity contribution in [3.63, 3.8) is 0 Å². The lowest BCUT2D eigenvalue weighted by molar-refractivity contribution is -0.118. The molecule has 1 unspecified atom stereocenters. The fourth-order valence-corrected chi connectivity index (χ4v) is 6.32. The summed E-state index contributed by atoms with van der Waals surface area (Å²) in [6.07, 6.45) is 2.24. The Morgan fingerprint density at radius 2 is 2.03 bits per heavy atom. The van der Waals surface area contributed by atoms with Crippen molar-refractivity contribution in [2.75, 3.05) is 11.1 Å². The van der Waals surface area contributed by atoms with Gasteiger partial charge < -0.3 is 10.1 Å². The number of allylic oxidation sites excluding steroid dienone is 2. The number of carbonyl (C=O) groups is 1. The molecule has 0 saturated heterocycles. The average Bonchev–Trinajstić information content (AvgIpc) is 3.23. The molecule has 0 saturated carbocycles. The molecule has 0 fully saturated rings. The van der Waals surface area contributed by atoms with Gasteiger partial charge in [-0.2, -0.15) is 4.98 Å². The lowest BCUT2D eigenvalue weighted by Crippen LogP contribution is -2.36. The van der Waals surface area contributed by atoms with Crippen molar-refractivity contribution in [1.29, 1.82) is 0 Å². The second kappa shape index (κ2) is 10.6. The molecule has 3 aromatic rings. The highest BCUT2D eigenvalue weighted by Crippen LogP contribution is 2.47. The minimum Gasteiger partial charge on any atom is -0.488 e. The number of ether oxygens (including phenoxy) is 1. The minimum absolute atomic E-state index is 0.110. The van der Waals surface area contributed by atoms with Crippen LogP contribution in [0.15, 0.2) is 57.3 Å². The number of carbonyl (C=O) groups excluding carboxylic acids is 1. The fourth-order valence-electron chi connectivity index (χ4n) is 4.79. The van der Waals surface area contributed by atoms with E-state index in [1.165, 1.54) is 0 Å². The van der Waals surface area contributed by atoms with E-state index in [2.05, 4.69) is 42.0 Å². The van der Waals surface area contributed by atoms with E-state index in [1.54, 1.807) is 23.9 Å². The third kappa shape index (κ3) is 5.58. The molecule has 1 atom stereocenters. The Balaban J connectivity index is 1.60. The summed E-state index contributed by atoms with van der Waals surface area (Å²) in [4.78, 5) is 18.4. The fraction of sp³-hybridized carbons (Fsp3) is 0.370. The van der Waals surface area contributed by atoms with Gasteiger partial charge in [0.1, 0.15) is 18.4 Å². The molecule has 2 aromatic carbocycles. The number of Topliss-reactive ketones (excluding diaryl/α,β-unsaturated/α-hetero) is 1.